The molecule has 2 N–H and O–H groups in total. The van der Waals surface area contributed by atoms with Gasteiger partial charge in [0.05, 0.1) is 16.8 Å². The number of carbonyl (C=O) groups is 1. The second-order valence-corrected chi connectivity index (χ2v) is 7.16. The lowest BCUT2D eigenvalue weighted by atomic mass is 10.1. The number of halogens is 3. The molecule has 0 fully saturated rings. The number of amides is 1. The molecule has 0 saturated heterocycles. The highest BCUT2D eigenvalue weighted by Crippen LogP contribution is 2.31. The predicted octanol–water partition coefficient (Wildman–Crippen LogP) is 5.86. The van der Waals surface area contributed by atoms with Crippen molar-refractivity contribution in [1.29, 1.82) is 0 Å². The molecule has 0 spiro atoms. The number of nitrogens with zero attached hydrogens (tertiary/aromatic N) is 3. The molecule has 0 unspecified atom stereocenters. The SMILES string of the molecule is Cc1nccc(-c2cccc(NC(=O)c3ccc(Nc4cccc(C(F)(F)F)c4)nc3)c2)n1. The Balaban J connectivity index is 1.45. The smallest absolute Gasteiger partial charge is 0.340 e. The second kappa shape index (κ2) is 9.07. The number of pyridine rings is 1. The van der Waals surface area contributed by atoms with Crippen LogP contribution in [0.5, 0.6) is 0 Å². The molecule has 0 aliphatic carbocycles. The molecule has 0 aliphatic rings. The van der Waals surface area contributed by atoms with Gasteiger partial charge in [-0.05, 0) is 55.5 Å². The standard InChI is InChI=1S/C24H18F3N5O/c1-15-28-11-10-21(30-15)16-4-2-6-19(12-16)32-23(33)17-8-9-22(29-14-17)31-20-7-3-5-18(13-20)24(25,26)27/h2-14H,1H3,(H,29,31)(H,32,33). The van der Waals surface area contributed by atoms with E-state index in [0.717, 1.165) is 23.4 Å². The number of carbonyl (C=O) groups excluding carboxylic acids is 1. The summed E-state index contributed by atoms with van der Waals surface area (Å²) in [5.41, 5.74) is 1.93. The molecule has 4 rings (SSSR count). The van der Waals surface area contributed by atoms with Gasteiger partial charge in [-0.3, -0.25) is 4.79 Å². The van der Waals surface area contributed by atoms with Gasteiger partial charge in [0.25, 0.3) is 5.91 Å². The number of aryl methyl sites for hydroxylation is 1. The highest BCUT2D eigenvalue weighted by molar-refractivity contribution is 6.04. The number of nitrogens with one attached hydrogen (secondary N) is 2. The molecule has 0 saturated carbocycles. The lowest BCUT2D eigenvalue weighted by Crippen LogP contribution is -2.12. The van der Waals surface area contributed by atoms with Gasteiger partial charge in [-0.25, -0.2) is 15.0 Å². The molecule has 0 bridgehead atoms. The van der Waals surface area contributed by atoms with Crippen molar-refractivity contribution >= 4 is 23.1 Å². The van der Waals surface area contributed by atoms with Crippen LogP contribution in [0.1, 0.15) is 21.7 Å². The third-order valence-corrected chi connectivity index (χ3v) is 4.68. The lowest BCUT2D eigenvalue weighted by molar-refractivity contribution is -0.137. The van der Waals surface area contributed by atoms with Gasteiger partial charge >= 0.3 is 6.18 Å². The van der Waals surface area contributed by atoms with Crippen LogP contribution in [-0.4, -0.2) is 20.9 Å². The van der Waals surface area contributed by atoms with E-state index in [4.69, 9.17) is 0 Å². The van der Waals surface area contributed by atoms with Crippen LogP contribution in [0.25, 0.3) is 11.3 Å². The Bertz CT molecular complexity index is 1290. The third-order valence-electron chi connectivity index (χ3n) is 4.68. The number of hydrogen-bond acceptors (Lipinski definition) is 5. The third kappa shape index (κ3) is 5.51. The number of benzene rings is 2. The van der Waals surface area contributed by atoms with E-state index in [9.17, 15) is 18.0 Å². The average molecular weight is 449 g/mol. The molecular formula is C24H18F3N5O. The second-order valence-electron chi connectivity index (χ2n) is 7.16. The van der Waals surface area contributed by atoms with Gasteiger partial charge in [-0.2, -0.15) is 13.2 Å². The van der Waals surface area contributed by atoms with E-state index >= 15 is 0 Å². The van der Waals surface area contributed by atoms with E-state index in [0.29, 0.717) is 22.9 Å². The zero-order chi connectivity index (χ0) is 23.4. The van der Waals surface area contributed by atoms with Crippen molar-refractivity contribution < 1.29 is 18.0 Å². The normalized spacial score (nSPS) is 11.2. The Morgan fingerprint density at radius 1 is 0.909 bits per heavy atom. The molecule has 0 aliphatic heterocycles. The van der Waals surface area contributed by atoms with Gasteiger partial charge in [0, 0.05) is 29.3 Å². The fraction of sp³-hybridized carbons (Fsp3) is 0.0833. The summed E-state index contributed by atoms with van der Waals surface area (Å²) < 4.78 is 38.6. The highest BCUT2D eigenvalue weighted by Gasteiger charge is 2.30. The molecule has 33 heavy (non-hydrogen) atoms. The summed E-state index contributed by atoms with van der Waals surface area (Å²) in [6.45, 7) is 1.80. The highest BCUT2D eigenvalue weighted by atomic mass is 19.4. The number of aromatic nitrogens is 3. The van der Waals surface area contributed by atoms with Crippen molar-refractivity contribution in [3.8, 4) is 11.3 Å². The maximum Gasteiger partial charge on any atom is 0.416 e. The zero-order valence-electron chi connectivity index (χ0n) is 17.4. The first-order chi connectivity index (χ1) is 15.8. The number of alkyl halides is 3. The van der Waals surface area contributed by atoms with Crippen molar-refractivity contribution in [2.24, 2.45) is 0 Å². The number of anilines is 3. The van der Waals surface area contributed by atoms with Gasteiger partial charge in [0.2, 0.25) is 0 Å². The first-order valence-electron chi connectivity index (χ1n) is 9.90. The van der Waals surface area contributed by atoms with Gasteiger partial charge in [0.1, 0.15) is 11.6 Å². The monoisotopic (exact) mass is 449 g/mol. The van der Waals surface area contributed by atoms with Gasteiger partial charge in [-0.1, -0.05) is 18.2 Å². The summed E-state index contributed by atoms with van der Waals surface area (Å²) in [5.74, 6) is 0.586. The molecule has 2 heterocycles. The van der Waals surface area contributed by atoms with Gasteiger partial charge in [-0.15, -0.1) is 0 Å². The van der Waals surface area contributed by atoms with E-state index < -0.39 is 11.7 Å². The Kier molecular flexibility index (Phi) is 6.03. The zero-order valence-corrected chi connectivity index (χ0v) is 17.4. The van der Waals surface area contributed by atoms with Crippen LogP contribution in [0.3, 0.4) is 0 Å². The van der Waals surface area contributed by atoms with Crippen LogP contribution in [0.4, 0.5) is 30.4 Å². The van der Waals surface area contributed by atoms with Crippen LogP contribution in [0.2, 0.25) is 0 Å². The van der Waals surface area contributed by atoms with Gasteiger partial charge in [0.15, 0.2) is 0 Å². The molecule has 166 valence electrons. The average Bonchev–Trinajstić information content (AvgIpc) is 2.79. The first-order valence-corrected chi connectivity index (χ1v) is 9.90. The van der Waals surface area contributed by atoms with Crippen LogP contribution in [0.15, 0.2) is 79.1 Å². The van der Waals surface area contributed by atoms with E-state index in [-0.39, 0.29) is 11.6 Å². The molecule has 9 heteroatoms. The number of hydrogen-bond donors (Lipinski definition) is 2. The fourth-order valence-electron chi connectivity index (χ4n) is 3.10. The topological polar surface area (TPSA) is 79.8 Å². The molecule has 4 aromatic rings. The van der Waals surface area contributed by atoms with Crippen molar-refractivity contribution in [1.82, 2.24) is 15.0 Å². The Morgan fingerprint density at radius 3 is 2.42 bits per heavy atom. The molecule has 1 amide bonds. The summed E-state index contributed by atoms with van der Waals surface area (Å²) >= 11 is 0. The predicted molar refractivity (Wildman–Crippen MR) is 119 cm³/mol. The summed E-state index contributed by atoms with van der Waals surface area (Å²) in [7, 11) is 0. The van der Waals surface area contributed by atoms with E-state index in [2.05, 4.69) is 25.6 Å². The minimum Gasteiger partial charge on any atom is -0.340 e. The minimum absolute atomic E-state index is 0.242. The molecule has 0 radical (unpaired) electrons. The fourth-order valence-corrected chi connectivity index (χ4v) is 3.10. The molecule has 0 atom stereocenters. The molecule has 2 aromatic carbocycles. The summed E-state index contributed by atoms with van der Waals surface area (Å²) in [6.07, 6.45) is -1.41. The maximum atomic E-state index is 12.9. The molecular weight excluding hydrogens is 431 g/mol. The van der Waals surface area contributed by atoms with E-state index in [1.165, 1.54) is 30.5 Å². The van der Waals surface area contributed by atoms with Crippen molar-refractivity contribution in [3.63, 3.8) is 0 Å². The van der Waals surface area contributed by atoms with Crippen molar-refractivity contribution in [2.45, 2.75) is 13.1 Å². The van der Waals surface area contributed by atoms with Gasteiger partial charge < -0.3 is 10.6 Å². The van der Waals surface area contributed by atoms with E-state index in [1.54, 1.807) is 31.3 Å². The summed E-state index contributed by atoms with van der Waals surface area (Å²) in [6, 6.07) is 16.9. The Hall–Kier alpha value is -4.27. The molecule has 2 aromatic heterocycles. The summed E-state index contributed by atoms with van der Waals surface area (Å²) in [5, 5.41) is 5.62. The van der Waals surface area contributed by atoms with Crippen LogP contribution in [0, 0.1) is 6.92 Å². The number of rotatable bonds is 5. The van der Waals surface area contributed by atoms with E-state index in [1.807, 2.05) is 12.1 Å². The maximum absolute atomic E-state index is 12.9. The Labute approximate surface area is 187 Å². The lowest BCUT2D eigenvalue weighted by Gasteiger charge is -2.11. The van der Waals surface area contributed by atoms with Crippen LogP contribution >= 0.6 is 0 Å². The molecule has 6 nitrogen and oxygen atoms in total. The minimum atomic E-state index is -4.43. The quantitative estimate of drug-likeness (QED) is 0.399. The van der Waals surface area contributed by atoms with Crippen molar-refractivity contribution in [2.75, 3.05) is 10.6 Å². The van der Waals surface area contributed by atoms with Crippen LogP contribution < -0.4 is 10.6 Å². The Morgan fingerprint density at radius 2 is 1.70 bits per heavy atom. The largest absolute Gasteiger partial charge is 0.416 e. The van der Waals surface area contributed by atoms with Crippen LogP contribution in [-0.2, 0) is 6.18 Å². The summed E-state index contributed by atoms with van der Waals surface area (Å²) in [4.78, 5) is 25.2. The van der Waals surface area contributed by atoms with Crippen molar-refractivity contribution in [3.05, 3.63) is 96.1 Å². The first kappa shape index (κ1) is 21.9.